The van der Waals surface area contributed by atoms with Crippen molar-refractivity contribution in [2.75, 3.05) is 37.8 Å². The van der Waals surface area contributed by atoms with Gasteiger partial charge in [-0.25, -0.2) is 4.98 Å². The quantitative estimate of drug-likeness (QED) is 0.736. The zero-order valence-corrected chi connectivity index (χ0v) is 13.7. The maximum absolute atomic E-state index is 12.0. The van der Waals surface area contributed by atoms with E-state index in [2.05, 4.69) is 34.6 Å². The van der Waals surface area contributed by atoms with E-state index in [0.29, 0.717) is 12.1 Å². The number of rotatable bonds is 8. The molecule has 2 aromatic rings. The SMILES string of the molecule is CN(C)CCCNc1ccc(NC(=O)Cc2ccccc2)cn1. The molecule has 0 bridgehead atoms. The lowest BCUT2D eigenvalue weighted by Crippen LogP contribution is -2.17. The van der Waals surface area contributed by atoms with E-state index < -0.39 is 0 Å². The Morgan fingerprint density at radius 2 is 1.91 bits per heavy atom. The lowest BCUT2D eigenvalue weighted by atomic mass is 10.1. The highest BCUT2D eigenvalue weighted by atomic mass is 16.1. The van der Waals surface area contributed by atoms with E-state index in [1.807, 2.05) is 42.5 Å². The maximum atomic E-state index is 12.0. The Morgan fingerprint density at radius 3 is 2.57 bits per heavy atom. The van der Waals surface area contributed by atoms with Crippen molar-refractivity contribution < 1.29 is 4.79 Å². The summed E-state index contributed by atoms with van der Waals surface area (Å²) in [5.74, 6) is 0.787. The van der Waals surface area contributed by atoms with Crippen LogP contribution < -0.4 is 10.6 Å². The van der Waals surface area contributed by atoms with Gasteiger partial charge < -0.3 is 15.5 Å². The monoisotopic (exact) mass is 312 g/mol. The fourth-order valence-electron chi connectivity index (χ4n) is 2.17. The minimum absolute atomic E-state index is 0.0373. The Labute approximate surface area is 137 Å². The van der Waals surface area contributed by atoms with Gasteiger partial charge in [0.05, 0.1) is 18.3 Å². The summed E-state index contributed by atoms with van der Waals surface area (Å²) in [4.78, 5) is 18.5. The molecule has 0 atom stereocenters. The lowest BCUT2D eigenvalue weighted by molar-refractivity contribution is -0.115. The molecule has 0 radical (unpaired) electrons. The minimum Gasteiger partial charge on any atom is -0.370 e. The van der Waals surface area contributed by atoms with Crippen LogP contribution in [0.2, 0.25) is 0 Å². The van der Waals surface area contributed by atoms with Gasteiger partial charge in [-0.3, -0.25) is 4.79 Å². The average Bonchev–Trinajstić information content (AvgIpc) is 2.54. The number of benzene rings is 1. The summed E-state index contributed by atoms with van der Waals surface area (Å²) in [7, 11) is 4.12. The molecule has 0 unspecified atom stereocenters. The van der Waals surface area contributed by atoms with Crippen LogP contribution in [0.25, 0.3) is 0 Å². The number of hydrogen-bond acceptors (Lipinski definition) is 4. The second-order valence-electron chi connectivity index (χ2n) is 5.73. The molecule has 0 aliphatic rings. The zero-order valence-electron chi connectivity index (χ0n) is 13.7. The van der Waals surface area contributed by atoms with Crippen molar-refractivity contribution in [3.63, 3.8) is 0 Å². The Bertz CT molecular complexity index is 596. The molecule has 23 heavy (non-hydrogen) atoms. The summed E-state index contributed by atoms with van der Waals surface area (Å²) < 4.78 is 0. The summed E-state index contributed by atoms with van der Waals surface area (Å²) >= 11 is 0. The van der Waals surface area contributed by atoms with Gasteiger partial charge in [0, 0.05) is 6.54 Å². The van der Waals surface area contributed by atoms with Gasteiger partial charge in [0.15, 0.2) is 0 Å². The molecule has 5 nitrogen and oxygen atoms in total. The number of anilines is 2. The van der Waals surface area contributed by atoms with Crippen LogP contribution in [0.1, 0.15) is 12.0 Å². The van der Waals surface area contributed by atoms with Crippen molar-refractivity contribution in [2.24, 2.45) is 0 Å². The van der Waals surface area contributed by atoms with Gasteiger partial charge in [-0.15, -0.1) is 0 Å². The number of carbonyl (C=O) groups is 1. The number of aromatic nitrogens is 1. The molecular weight excluding hydrogens is 288 g/mol. The first-order valence-corrected chi connectivity index (χ1v) is 7.82. The van der Waals surface area contributed by atoms with Crippen molar-refractivity contribution in [3.8, 4) is 0 Å². The van der Waals surface area contributed by atoms with Gasteiger partial charge >= 0.3 is 0 Å². The van der Waals surface area contributed by atoms with Gasteiger partial charge in [-0.1, -0.05) is 30.3 Å². The average molecular weight is 312 g/mol. The molecule has 0 fully saturated rings. The second kappa shape index (κ2) is 8.90. The molecule has 1 aromatic heterocycles. The normalized spacial score (nSPS) is 10.6. The van der Waals surface area contributed by atoms with E-state index in [0.717, 1.165) is 30.9 Å². The smallest absolute Gasteiger partial charge is 0.228 e. The largest absolute Gasteiger partial charge is 0.370 e. The Balaban J connectivity index is 1.77. The van der Waals surface area contributed by atoms with Crippen molar-refractivity contribution in [2.45, 2.75) is 12.8 Å². The van der Waals surface area contributed by atoms with Gasteiger partial charge in [-0.05, 0) is 44.8 Å². The zero-order chi connectivity index (χ0) is 16.5. The van der Waals surface area contributed by atoms with E-state index in [9.17, 15) is 4.79 Å². The van der Waals surface area contributed by atoms with Crippen LogP contribution in [0.5, 0.6) is 0 Å². The number of pyridine rings is 1. The molecule has 122 valence electrons. The maximum Gasteiger partial charge on any atom is 0.228 e. The number of carbonyl (C=O) groups excluding carboxylic acids is 1. The highest BCUT2D eigenvalue weighted by Gasteiger charge is 2.04. The first-order valence-electron chi connectivity index (χ1n) is 7.82. The lowest BCUT2D eigenvalue weighted by Gasteiger charge is -2.10. The summed E-state index contributed by atoms with van der Waals surface area (Å²) in [6.45, 7) is 1.92. The molecule has 5 heteroatoms. The second-order valence-corrected chi connectivity index (χ2v) is 5.73. The van der Waals surface area contributed by atoms with Crippen LogP contribution >= 0.6 is 0 Å². The first kappa shape index (κ1) is 17.0. The molecule has 0 aliphatic carbocycles. The minimum atomic E-state index is -0.0373. The Kier molecular flexibility index (Phi) is 6.56. The number of nitrogens with zero attached hydrogens (tertiary/aromatic N) is 2. The van der Waals surface area contributed by atoms with E-state index in [1.165, 1.54) is 0 Å². The van der Waals surface area contributed by atoms with Crippen LogP contribution in [0.4, 0.5) is 11.5 Å². The molecule has 0 spiro atoms. The molecule has 1 aromatic carbocycles. The van der Waals surface area contributed by atoms with Gasteiger partial charge in [0.1, 0.15) is 5.82 Å². The fraction of sp³-hybridized carbons (Fsp3) is 0.333. The highest BCUT2D eigenvalue weighted by Crippen LogP contribution is 2.10. The third-order valence-corrected chi connectivity index (χ3v) is 3.34. The van der Waals surface area contributed by atoms with Crippen molar-refractivity contribution >= 4 is 17.4 Å². The van der Waals surface area contributed by atoms with Crippen LogP contribution in [0.15, 0.2) is 48.7 Å². The predicted octanol–water partition coefficient (Wildman–Crippen LogP) is 2.63. The fourth-order valence-corrected chi connectivity index (χ4v) is 2.17. The highest BCUT2D eigenvalue weighted by molar-refractivity contribution is 5.92. The number of amides is 1. The van der Waals surface area contributed by atoms with E-state index >= 15 is 0 Å². The topological polar surface area (TPSA) is 57.3 Å². The van der Waals surface area contributed by atoms with Gasteiger partial charge in [-0.2, -0.15) is 0 Å². The summed E-state index contributed by atoms with van der Waals surface area (Å²) in [6, 6.07) is 13.4. The van der Waals surface area contributed by atoms with Gasteiger partial charge in [0.25, 0.3) is 0 Å². The molecule has 0 aliphatic heterocycles. The third-order valence-electron chi connectivity index (χ3n) is 3.34. The molecule has 2 rings (SSSR count). The molecule has 1 heterocycles. The van der Waals surface area contributed by atoms with Crippen molar-refractivity contribution in [1.82, 2.24) is 9.88 Å². The van der Waals surface area contributed by atoms with Crippen LogP contribution in [0.3, 0.4) is 0 Å². The molecule has 1 amide bonds. The van der Waals surface area contributed by atoms with E-state index in [1.54, 1.807) is 6.20 Å². The number of hydrogen-bond donors (Lipinski definition) is 2. The van der Waals surface area contributed by atoms with Crippen molar-refractivity contribution in [3.05, 3.63) is 54.2 Å². The Morgan fingerprint density at radius 1 is 1.13 bits per heavy atom. The molecule has 0 saturated heterocycles. The summed E-state index contributed by atoms with van der Waals surface area (Å²) in [5.41, 5.74) is 1.71. The standard InChI is InChI=1S/C18H24N4O/c1-22(2)12-6-11-19-17-10-9-16(14-20-17)21-18(23)13-15-7-4-3-5-8-15/h3-5,7-10,14H,6,11-13H2,1-2H3,(H,19,20)(H,21,23). The molecular formula is C18H24N4O. The molecule has 0 saturated carbocycles. The van der Waals surface area contributed by atoms with Crippen LogP contribution in [-0.4, -0.2) is 43.0 Å². The van der Waals surface area contributed by atoms with E-state index in [4.69, 9.17) is 0 Å². The van der Waals surface area contributed by atoms with Gasteiger partial charge in [0.2, 0.25) is 5.91 Å². The predicted molar refractivity (Wildman–Crippen MR) is 94.7 cm³/mol. The molecule has 2 N–H and O–H groups in total. The van der Waals surface area contributed by atoms with E-state index in [-0.39, 0.29) is 5.91 Å². The van der Waals surface area contributed by atoms with Crippen LogP contribution in [-0.2, 0) is 11.2 Å². The Hall–Kier alpha value is -2.40. The number of nitrogens with one attached hydrogen (secondary N) is 2. The first-order chi connectivity index (χ1) is 11.1. The van der Waals surface area contributed by atoms with Crippen molar-refractivity contribution in [1.29, 1.82) is 0 Å². The summed E-state index contributed by atoms with van der Waals surface area (Å²) in [6.07, 6.45) is 3.10. The summed E-state index contributed by atoms with van der Waals surface area (Å²) in [5, 5.41) is 6.13. The van der Waals surface area contributed by atoms with Crippen LogP contribution in [0, 0.1) is 0 Å². The third kappa shape index (κ3) is 6.48.